The van der Waals surface area contributed by atoms with Crippen molar-refractivity contribution in [2.24, 2.45) is 4.99 Å². The molecular formula is C20H29N3O4. The highest BCUT2D eigenvalue weighted by molar-refractivity contribution is 5.79. The van der Waals surface area contributed by atoms with Gasteiger partial charge in [0.15, 0.2) is 5.96 Å². The van der Waals surface area contributed by atoms with Crippen molar-refractivity contribution in [3.8, 4) is 11.5 Å². The molecule has 27 heavy (non-hydrogen) atoms. The number of methoxy groups -OCH3 is 1. The molecule has 1 heterocycles. The summed E-state index contributed by atoms with van der Waals surface area (Å²) in [5.74, 6) is 3.25. The van der Waals surface area contributed by atoms with Crippen LogP contribution in [0.4, 0.5) is 0 Å². The molecule has 0 radical (unpaired) electrons. The quantitative estimate of drug-likeness (QED) is 0.337. The van der Waals surface area contributed by atoms with Crippen molar-refractivity contribution in [1.82, 2.24) is 10.6 Å². The zero-order chi connectivity index (χ0) is 19.2. The maximum absolute atomic E-state index is 5.70. The highest BCUT2D eigenvalue weighted by Gasteiger charge is 1.99. The zero-order valence-corrected chi connectivity index (χ0v) is 16.1. The van der Waals surface area contributed by atoms with Crippen LogP contribution in [0.1, 0.15) is 19.1 Å². The normalized spacial score (nSPS) is 11.3. The number of hydrogen-bond acceptors (Lipinski definition) is 5. The molecule has 2 aromatic rings. The zero-order valence-electron chi connectivity index (χ0n) is 16.1. The number of ether oxygens (including phenoxy) is 3. The van der Waals surface area contributed by atoms with Crippen LogP contribution in [0.15, 0.2) is 52.1 Å². The van der Waals surface area contributed by atoms with E-state index in [1.54, 1.807) is 13.4 Å². The van der Waals surface area contributed by atoms with E-state index in [1.165, 1.54) is 0 Å². The van der Waals surface area contributed by atoms with Gasteiger partial charge in [-0.1, -0.05) is 0 Å². The molecule has 148 valence electrons. The Morgan fingerprint density at radius 3 is 2.59 bits per heavy atom. The second kappa shape index (κ2) is 12.6. The van der Waals surface area contributed by atoms with Crippen LogP contribution in [0.5, 0.6) is 11.5 Å². The fourth-order valence-electron chi connectivity index (χ4n) is 2.28. The van der Waals surface area contributed by atoms with Gasteiger partial charge in [0, 0.05) is 19.7 Å². The standard InChI is InChI=1S/C20H29N3O4/c1-3-21-20(22-11-5-13-25-16-19-6-4-14-26-19)23-12-15-27-18-9-7-17(24-2)8-10-18/h4,6-10,14H,3,5,11-13,15-16H2,1-2H3,(H2,21,22,23). The predicted octanol–water partition coefficient (Wildman–Crippen LogP) is 2.83. The molecule has 0 atom stereocenters. The molecule has 1 aromatic heterocycles. The van der Waals surface area contributed by atoms with Gasteiger partial charge >= 0.3 is 0 Å². The summed E-state index contributed by atoms with van der Waals surface area (Å²) in [6.07, 6.45) is 2.50. The molecule has 0 unspecified atom stereocenters. The third-order valence-electron chi connectivity index (χ3n) is 3.61. The molecule has 7 heteroatoms. The molecule has 0 spiro atoms. The van der Waals surface area contributed by atoms with Crippen molar-refractivity contribution >= 4 is 5.96 Å². The summed E-state index contributed by atoms with van der Waals surface area (Å²) in [4.78, 5) is 4.53. The van der Waals surface area contributed by atoms with Gasteiger partial charge in [-0.15, -0.1) is 0 Å². The molecule has 0 aliphatic heterocycles. The Morgan fingerprint density at radius 1 is 1.07 bits per heavy atom. The molecular weight excluding hydrogens is 346 g/mol. The molecule has 0 saturated heterocycles. The largest absolute Gasteiger partial charge is 0.497 e. The Morgan fingerprint density at radius 2 is 1.89 bits per heavy atom. The van der Waals surface area contributed by atoms with E-state index in [1.807, 2.05) is 43.3 Å². The molecule has 0 aliphatic rings. The topological polar surface area (TPSA) is 77.3 Å². The first-order chi connectivity index (χ1) is 13.3. The van der Waals surface area contributed by atoms with Crippen LogP contribution in [0.3, 0.4) is 0 Å². The smallest absolute Gasteiger partial charge is 0.191 e. The van der Waals surface area contributed by atoms with Crippen molar-refractivity contribution in [2.45, 2.75) is 20.0 Å². The first kappa shape index (κ1) is 20.6. The molecule has 7 nitrogen and oxygen atoms in total. The minimum atomic E-state index is 0.498. The van der Waals surface area contributed by atoms with E-state index in [9.17, 15) is 0 Å². The van der Waals surface area contributed by atoms with E-state index in [2.05, 4.69) is 15.6 Å². The predicted molar refractivity (Wildman–Crippen MR) is 105 cm³/mol. The highest BCUT2D eigenvalue weighted by atomic mass is 16.5. The molecule has 0 aliphatic carbocycles. The van der Waals surface area contributed by atoms with Gasteiger partial charge in [-0.3, -0.25) is 4.99 Å². The number of nitrogens with zero attached hydrogens (tertiary/aromatic N) is 1. The number of aliphatic imine (C=N–C) groups is 1. The van der Waals surface area contributed by atoms with Gasteiger partial charge in [-0.05, 0) is 49.7 Å². The Hall–Kier alpha value is -2.67. The highest BCUT2D eigenvalue weighted by Crippen LogP contribution is 2.16. The van der Waals surface area contributed by atoms with E-state index >= 15 is 0 Å². The van der Waals surface area contributed by atoms with Crippen LogP contribution in [0.2, 0.25) is 0 Å². The van der Waals surface area contributed by atoms with E-state index < -0.39 is 0 Å². The van der Waals surface area contributed by atoms with Gasteiger partial charge in [0.2, 0.25) is 0 Å². The first-order valence-corrected chi connectivity index (χ1v) is 9.21. The third-order valence-corrected chi connectivity index (χ3v) is 3.61. The lowest BCUT2D eigenvalue weighted by atomic mass is 10.3. The first-order valence-electron chi connectivity index (χ1n) is 9.21. The Bertz CT molecular complexity index is 642. The number of benzene rings is 1. The van der Waals surface area contributed by atoms with Gasteiger partial charge in [0.25, 0.3) is 0 Å². The third kappa shape index (κ3) is 8.50. The number of hydrogen-bond donors (Lipinski definition) is 2. The van der Waals surface area contributed by atoms with Crippen LogP contribution < -0.4 is 20.1 Å². The summed E-state index contributed by atoms with van der Waals surface area (Å²) < 4.78 is 21.6. The van der Waals surface area contributed by atoms with Crippen molar-refractivity contribution in [3.05, 3.63) is 48.4 Å². The van der Waals surface area contributed by atoms with Gasteiger partial charge in [-0.25, -0.2) is 0 Å². The molecule has 0 amide bonds. The van der Waals surface area contributed by atoms with Crippen LogP contribution in [-0.4, -0.2) is 45.9 Å². The second-order valence-corrected chi connectivity index (χ2v) is 5.70. The monoisotopic (exact) mass is 375 g/mol. The maximum Gasteiger partial charge on any atom is 0.191 e. The number of furan rings is 1. The summed E-state index contributed by atoms with van der Waals surface area (Å²) in [6.45, 7) is 5.88. The van der Waals surface area contributed by atoms with E-state index in [0.717, 1.165) is 36.2 Å². The fraction of sp³-hybridized carbons (Fsp3) is 0.450. The summed E-state index contributed by atoms with van der Waals surface area (Å²) in [7, 11) is 1.65. The minimum absolute atomic E-state index is 0.498. The average Bonchev–Trinajstić information content (AvgIpc) is 3.21. The Balaban J connectivity index is 1.59. The van der Waals surface area contributed by atoms with E-state index in [-0.39, 0.29) is 0 Å². The number of rotatable bonds is 12. The van der Waals surface area contributed by atoms with Crippen LogP contribution in [-0.2, 0) is 11.3 Å². The molecule has 0 saturated carbocycles. The van der Waals surface area contributed by atoms with Gasteiger partial charge < -0.3 is 29.3 Å². The van der Waals surface area contributed by atoms with Crippen LogP contribution in [0.25, 0.3) is 0 Å². The summed E-state index contributed by atoms with van der Waals surface area (Å²) >= 11 is 0. The van der Waals surface area contributed by atoms with E-state index in [0.29, 0.717) is 32.9 Å². The Labute approximate surface area is 160 Å². The number of guanidine groups is 1. The molecule has 2 rings (SSSR count). The molecule has 1 aromatic carbocycles. The Kier molecular flexibility index (Phi) is 9.67. The van der Waals surface area contributed by atoms with Crippen molar-refractivity contribution in [3.63, 3.8) is 0 Å². The fourth-order valence-corrected chi connectivity index (χ4v) is 2.28. The van der Waals surface area contributed by atoms with Crippen molar-refractivity contribution in [2.75, 3.05) is 40.0 Å². The lowest BCUT2D eigenvalue weighted by molar-refractivity contribution is 0.105. The lowest BCUT2D eigenvalue weighted by Gasteiger charge is -2.12. The van der Waals surface area contributed by atoms with Gasteiger partial charge in [0.05, 0.1) is 19.9 Å². The van der Waals surface area contributed by atoms with Gasteiger partial charge in [0.1, 0.15) is 30.5 Å². The summed E-state index contributed by atoms with van der Waals surface area (Å²) in [5, 5.41) is 6.48. The summed E-state index contributed by atoms with van der Waals surface area (Å²) in [5.41, 5.74) is 0. The molecule has 0 fully saturated rings. The molecule has 2 N–H and O–H groups in total. The maximum atomic E-state index is 5.70. The molecule has 0 bridgehead atoms. The number of nitrogens with one attached hydrogen (secondary N) is 2. The van der Waals surface area contributed by atoms with Crippen molar-refractivity contribution in [1.29, 1.82) is 0 Å². The van der Waals surface area contributed by atoms with Gasteiger partial charge in [-0.2, -0.15) is 0 Å². The van der Waals surface area contributed by atoms with Crippen LogP contribution >= 0.6 is 0 Å². The minimum Gasteiger partial charge on any atom is -0.497 e. The van der Waals surface area contributed by atoms with E-state index in [4.69, 9.17) is 18.6 Å². The SMILES string of the molecule is CCNC(=NCCCOCc1ccco1)NCCOc1ccc(OC)cc1. The average molecular weight is 375 g/mol. The second-order valence-electron chi connectivity index (χ2n) is 5.70. The lowest BCUT2D eigenvalue weighted by Crippen LogP contribution is -2.39. The van der Waals surface area contributed by atoms with Crippen LogP contribution in [0, 0.1) is 0 Å². The summed E-state index contributed by atoms with van der Waals surface area (Å²) in [6, 6.07) is 11.3. The van der Waals surface area contributed by atoms with Crippen molar-refractivity contribution < 1.29 is 18.6 Å².